The van der Waals surface area contributed by atoms with Gasteiger partial charge in [-0.05, 0) is 50.6 Å². The number of rotatable bonds is 3. The summed E-state index contributed by atoms with van der Waals surface area (Å²) in [6.45, 7) is 2.56. The summed E-state index contributed by atoms with van der Waals surface area (Å²) in [7, 11) is 1.95. The second kappa shape index (κ2) is 9.42. The summed E-state index contributed by atoms with van der Waals surface area (Å²) >= 11 is 6.01. The van der Waals surface area contributed by atoms with Gasteiger partial charge in [-0.3, -0.25) is 4.79 Å². The summed E-state index contributed by atoms with van der Waals surface area (Å²) in [4.78, 5) is 19.1. The maximum atomic E-state index is 12.7. The van der Waals surface area contributed by atoms with E-state index in [2.05, 4.69) is 10.3 Å². The Labute approximate surface area is 159 Å². The lowest BCUT2D eigenvalue weighted by Gasteiger charge is -2.32. The standard InChI is InChI=1S/C17H20ClN3O.2ClH/c1-19-10-12-3-2-8-21(11-12)17(22)15-7-5-13-4-6-14(18)9-16(13)20-15;;/h4-7,9,12,19H,2-3,8,10-11H2,1H3;2*1H. The first kappa shape index (κ1) is 21.0. The lowest BCUT2D eigenvalue weighted by molar-refractivity contribution is 0.0668. The predicted octanol–water partition coefficient (Wildman–Crippen LogP) is 3.80. The number of fused-ring (bicyclic) bond motifs is 1. The van der Waals surface area contributed by atoms with Crippen LogP contribution in [0.5, 0.6) is 0 Å². The summed E-state index contributed by atoms with van der Waals surface area (Å²) in [5.41, 5.74) is 1.27. The Bertz CT molecular complexity index is 694. The van der Waals surface area contributed by atoms with Crippen molar-refractivity contribution >= 4 is 53.2 Å². The Morgan fingerprint density at radius 2 is 2.08 bits per heavy atom. The molecule has 1 aromatic heterocycles. The molecule has 2 heterocycles. The summed E-state index contributed by atoms with van der Waals surface area (Å²) < 4.78 is 0. The number of carbonyl (C=O) groups excluding carboxylic acids is 1. The number of halogens is 3. The van der Waals surface area contributed by atoms with Crippen LogP contribution in [0.15, 0.2) is 30.3 Å². The number of amides is 1. The van der Waals surface area contributed by atoms with Crippen LogP contribution in [-0.2, 0) is 0 Å². The summed E-state index contributed by atoms with van der Waals surface area (Å²) in [6, 6.07) is 9.29. The molecule has 0 spiro atoms. The van der Waals surface area contributed by atoms with E-state index in [1.165, 1.54) is 6.42 Å². The van der Waals surface area contributed by atoms with E-state index in [1.807, 2.05) is 30.1 Å². The predicted molar refractivity (Wildman–Crippen MR) is 104 cm³/mol. The second-order valence-corrected chi connectivity index (χ2v) is 6.29. The van der Waals surface area contributed by atoms with E-state index in [4.69, 9.17) is 11.6 Å². The quantitative estimate of drug-likeness (QED) is 0.867. The topological polar surface area (TPSA) is 45.2 Å². The first-order chi connectivity index (χ1) is 10.7. The highest BCUT2D eigenvalue weighted by molar-refractivity contribution is 6.31. The maximum absolute atomic E-state index is 12.7. The molecule has 24 heavy (non-hydrogen) atoms. The van der Waals surface area contributed by atoms with Crippen molar-refractivity contribution in [2.75, 3.05) is 26.7 Å². The van der Waals surface area contributed by atoms with Gasteiger partial charge in [0.15, 0.2) is 0 Å². The lowest BCUT2D eigenvalue weighted by Crippen LogP contribution is -2.42. The fraction of sp³-hybridized carbons (Fsp3) is 0.412. The molecule has 1 aliphatic rings. The molecule has 0 bridgehead atoms. The fourth-order valence-electron chi connectivity index (χ4n) is 3.08. The summed E-state index contributed by atoms with van der Waals surface area (Å²) in [5.74, 6) is 0.542. The number of aromatic nitrogens is 1. The number of hydrogen-bond donors (Lipinski definition) is 1. The Kier molecular flexibility index (Phi) is 8.23. The van der Waals surface area contributed by atoms with Gasteiger partial charge in [0, 0.05) is 23.5 Å². The van der Waals surface area contributed by atoms with Gasteiger partial charge in [0.25, 0.3) is 5.91 Å². The first-order valence-corrected chi connectivity index (χ1v) is 8.05. The van der Waals surface area contributed by atoms with Gasteiger partial charge in [0.2, 0.25) is 0 Å². The van der Waals surface area contributed by atoms with Gasteiger partial charge in [-0.25, -0.2) is 4.98 Å². The number of likely N-dealkylation sites (tertiary alicyclic amines) is 1. The second-order valence-electron chi connectivity index (χ2n) is 5.85. The van der Waals surface area contributed by atoms with Crippen molar-refractivity contribution in [2.45, 2.75) is 12.8 Å². The molecule has 0 radical (unpaired) electrons. The lowest BCUT2D eigenvalue weighted by atomic mass is 9.98. The smallest absolute Gasteiger partial charge is 0.272 e. The number of piperidine rings is 1. The van der Waals surface area contributed by atoms with Crippen LogP contribution < -0.4 is 5.32 Å². The van der Waals surface area contributed by atoms with Crippen molar-refractivity contribution in [1.29, 1.82) is 0 Å². The van der Waals surface area contributed by atoms with Crippen LogP contribution in [0.4, 0.5) is 0 Å². The van der Waals surface area contributed by atoms with Crippen molar-refractivity contribution in [3.63, 3.8) is 0 Å². The molecule has 7 heteroatoms. The van der Waals surface area contributed by atoms with Gasteiger partial charge >= 0.3 is 0 Å². The van der Waals surface area contributed by atoms with Crippen LogP contribution in [0.2, 0.25) is 5.02 Å². The monoisotopic (exact) mass is 389 g/mol. The largest absolute Gasteiger partial charge is 0.337 e. The minimum absolute atomic E-state index is 0. The molecular formula is C17H22Cl3N3O. The highest BCUT2D eigenvalue weighted by Crippen LogP contribution is 2.21. The van der Waals surface area contributed by atoms with Crippen LogP contribution in [-0.4, -0.2) is 42.5 Å². The molecule has 132 valence electrons. The van der Waals surface area contributed by atoms with Crippen LogP contribution in [0.1, 0.15) is 23.3 Å². The third kappa shape index (κ3) is 4.73. The van der Waals surface area contributed by atoms with E-state index in [0.29, 0.717) is 16.6 Å². The highest BCUT2D eigenvalue weighted by Gasteiger charge is 2.24. The summed E-state index contributed by atoms with van der Waals surface area (Å²) in [5, 5.41) is 4.83. The number of nitrogens with one attached hydrogen (secondary N) is 1. The number of hydrogen-bond acceptors (Lipinski definition) is 3. The minimum atomic E-state index is 0. The molecule has 0 aliphatic carbocycles. The minimum Gasteiger partial charge on any atom is -0.337 e. The molecule has 1 saturated heterocycles. The Morgan fingerprint density at radius 3 is 2.83 bits per heavy atom. The number of pyridine rings is 1. The van der Waals surface area contributed by atoms with Gasteiger partial charge in [-0.15, -0.1) is 24.8 Å². The molecule has 1 unspecified atom stereocenters. The average Bonchev–Trinajstić information content (AvgIpc) is 2.54. The van der Waals surface area contributed by atoms with Crippen LogP contribution in [0, 0.1) is 5.92 Å². The van der Waals surface area contributed by atoms with Gasteiger partial charge in [-0.1, -0.05) is 23.7 Å². The Hall–Kier alpha value is -1.07. The van der Waals surface area contributed by atoms with E-state index in [0.717, 1.165) is 37.0 Å². The maximum Gasteiger partial charge on any atom is 0.272 e. The van der Waals surface area contributed by atoms with Crippen molar-refractivity contribution in [3.8, 4) is 0 Å². The molecule has 1 aromatic carbocycles. The molecule has 3 rings (SSSR count). The van der Waals surface area contributed by atoms with Gasteiger partial charge < -0.3 is 10.2 Å². The van der Waals surface area contributed by atoms with Gasteiger partial charge in [-0.2, -0.15) is 0 Å². The molecule has 1 atom stereocenters. The Balaban J connectivity index is 0.00000144. The Morgan fingerprint density at radius 1 is 1.33 bits per heavy atom. The first-order valence-electron chi connectivity index (χ1n) is 7.67. The van der Waals surface area contributed by atoms with E-state index in [1.54, 1.807) is 12.1 Å². The van der Waals surface area contributed by atoms with Crippen molar-refractivity contribution in [3.05, 3.63) is 41.0 Å². The zero-order chi connectivity index (χ0) is 15.5. The zero-order valence-electron chi connectivity index (χ0n) is 13.5. The number of nitrogens with zero attached hydrogens (tertiary/aromatic N) is 2. The number of benzene rings is 1. The molecule has 4 nitrogen and oxygen atoms in total. The van der Waals surface area contributed by atoms with Gasteiger partial charge in [0.1, 0.15) is 5.69 Å². The molecular weight excluding hydrogens is 369 g/mol. The molecule has 1 aliphatic heterocycles. The van der Waals surface area contributed by atoms with E-state index in [-0.39, 0.29) is 30.7 Å². The zero-order valence-corrected chi connectivity index (χ0v) is 15.9. The molecule has 0 saturated carbocycles. The van der Waals surface area contributed by atoms with Gasteiger partial charge in [0.05, 0.1) is 5.52 Å². The van der Waals surface area contributed by atoms with E-state index >= 15 is 0 Å². The third-order valence-electron chi connectivity index (χ3n) is 4.17. The fourth-order valence-corrected chi connectivity index (χ4v) is 3.24. The molecule has 1 amide bonds. The summed E-state index contributed by atoms with van der Waals surface area (Å²) in [6.07, 6.45) is 2.23. The normalized spacial score (nSPS) is 17.1. The number of carbonyl (C=O) groups is 1. The molecule has 2 aromatic rings. The molecule has 1 fully saturated rings. The van der Waals surface area contributed by atoms with Crippen molar-refractivity contribution < 1.29 is 4.79 Å². The van der Waals surface area contributed by atoms with Crippen molar-refractivity contribution in [1.82, 2.24) is 15.2 Å². The van der Waals surface area contributed by atoms with E-state index < -0.39 is 0 Å². The average molecular weight is 391 g/mol. The van der Waals surface area contributed by atoms with Crippen LogP contribution in [0.25, 0.3) is 10.9 Å². The highest BCUT2D eigenvalue weighted by atomic mass is 35.5. The molecule has 1 N–H and O–H groups in total. The third-order valence-corrected chi connectivity index (χ3v) is 4.41. The van der Waals surface area contributed by atoms with Crippen LogP contribution >= 0.6 is 36.4 Å². The van der Waals surface area contributed by atoms with E-state index in [9.17, 15) is 4.79 Å². The SMILES string of the molecule is CNCC1CCCN(C(=O)c2ccc3ccc(Cl)cc3n2)C1.Cl.Cl. The van der Waals surface area contributed by atoms with Crippen LogP contribution in [0.3, 0.4) is 0 Å². The van der Waals surface area contributed by atoms with Crippen molar-refractivity contribution in [2.24, 2.45) is 5.92 Å².